The maximum atomic E-state index is 13.5. The van der Waals surface area contributed by atoms with Gasteiger partial charge >= 0.3 is 6.03 Å². The number of aromatic nitrogens is 2. The molecule has 0 radical (unpaired) electrons. The summed E-state index contributed by atoms with van der Waals surface area (Å²) in [7, 11) is -1.73. The van der Waals surface area contributed by atoms with E-state index in [1.807, 2.05) is 44.2 Å². The number of carbonyl (C=O) groups is 2. The minimum atomic E-state index is -1.73. The summed E-state index contributed by atoms with van der Waals surface area (Å²) >= 11 is 0. The Balaban J connectivity index is 1.52. The molecule has 1 aliphatic heterocycles. The van der Waals surface area contributed by atoms with Gasteiger partial charge in [0.15, 0.2) is 5.82 Å². The Morgan fingerprint density at radius 3 is 2.47 bits per heavy atom. The number of anilines is 1. The fourth-order valence-electron chi connectivity index (χ4n) is 5.40. The number of aliphatic hydroxyl groups excluding tert-OH is 1. The molecule has 2 aromatic rings. The molecule has 8 nitrogen and oxygen atoms in total. The number of carbonyl (C=O) groups excluding carboxylic acids is 2. The SMILES string of the molecule is CC[Si](C)(C)C1(C(=O)Nc2n[nH]c3c2CN(C(=O)N[C@H](CO)c2ccccc2)C3(C)C)CCC1. The van der Waals surface area contributed by atoms with Crippen LogP contribution in [0.15, 0.2) is 30.3 Å². The molecular weight excluding hydrogens is 446 g/mol. The zero-order valence-corrected chi connectivity index (χ0v) is 21.9. The van der Waals surface area contributed by atoms with Crippen LogP contribution < -0.4 is 10.6 Å². The summed E-state index contributed by atoms with van der Waals surface area (Å²) in [5.41, 5.74) is 1.88. The van der Waals surface area contributed by atoms with Gasteiger partial charge in [-0.05, 0) is 32.3 Å². The lowest BCUT2D eigenvalue weighted by Gasteiger charge is -2.50. The molecule has 0 bridgehead atoms. The summed E-state index contributed by atoms with van der Waals surface area (Å²) in [6.07, 6.45) is 2.98. The molecule has 2 aliphatic rings. The van der Waals surface area contributed by atoms with Gasteiger partial charge in [-0.2, -0.15) is 5.10 Å². The Labute approximate surface area is 202 Å². The molecular formula is C25H37N5O3Si. The number of H-pyrrole nitrogens is 1. The van der Waals surface area contributed by atoms with E-state index in [9.17, 15) is 14.7 Å². The number of hydrogen-bond acceptors (Lipinski definition) is 4. The van der Waals surface area contributed by atoms with Crippen molar-refractivity contribution in [2.75, 3.05) is 11.9 Å². The highest BCUT2D eigenvalue weighted by atomic mass is 28.3. The summed E-state index contributed by atoms with van der Waals surface area (Å²) in [4.78, 5) is 28.5. The zero-order valence-electron chi connectivity index (χ0n) is 20.9. The third-order valence-electron chi connectivity index (χ3n) is 8.45. The largest absolute Gasteiger partial charge is 0.394 e. The predicted octanol–water partition coefficient (Wildman–Crippen LogP) is 4.49. The molecule has 1 aliphatic carbocycles. The molecule has 4 N–H and O–H groups in total. The van der Waals surface area contributed by atoms with Crippen molar-refractivity contribution in [1.29, 1.82) is 0 Å². The summed E-state index contributed by atoms with van der Waals surface area (Å²) < 4.78 is 0. The fourth-order valence-corrected chi connectivity index (χ4v) is 8.46. The molecule has 34 heavy (non-hydrogen) atoms. The van der Waals surface area contributed by atoms with Crippen molar-refractivity contribution in [2.45, 2.75) is 82.3 Å². The Hall–Kier alpha value is -2.65. The first-order valence-corrected chi connectivity index (χ1v) is 15.4. The van der Waals surface area contributed by atoms with Crippen LogP contribution in [0.3, 0.4) is 0 Å². The normalized spacial score (nSPS) is 19.2. The molecule has 0 unspecified atom stereocenters. The van der Waals surface area contributed by atoms with Crippen molar-refractivity contribution in [2.24, 2.45) is 0 Å². The second-order valence-corrected chi connectivity index (χ2v) is 16.2. The molecule has 3 amide bonds. The Bertz CT molecular complexity index is 1060. The minimum Gasteiger partial charge on any atom is -0.394 e. The number of rotatable bonds is 7. The zero-order chi connectivity index (χ0) is 24.7. The van der Waals surface area contributed by atoms with E-state index in [1.54, 1.807) is 4.90 Å². The van der Waals surface area contributed by atoms with Crippen LogP contribution in [0.2, 0.25) is 24.2 Å². The van der Waals surface area contributed by atoms with E-state index in [4.69, 9.17) is 0 Å². The van der Waals surface area contributed by atoms with Gasteiger partial charge in [-0.3, -0.25) is 9.89 Å². The molecule has 0 spiro atoms. The van der Waals surface area contributed by atoms with E-state index >= 15 is 0 Å². The van der Waals surface area contributed by atoms with Gasteiger partial charge in [0.05, 0.1) is 38.5 Å². The van der Waals surface area contributed by atoms with Crippen LogP contribution in [0.25, 0.3) is 0 Å². The topological polar surface area (TPSA) is 110 Å². The highest BCUT2D eigenvalue weighted by molar-refractivity contribution is 6.84. The maximum absolute atomic E-state index is 13.5. The number of hydrogen-bond donors (Lipinski definition) is 4. The summed E-state index contributed by atoms with van der Waals surface area (Å²) in [6, 6.07) is 9.72. The highest BCUT2D eigenvalue weighted by Crippen LogP contribution is 2.57. The molecule has 1 atom stereocenters. The number of urea groups is 1. The van der Waals surface area contributed by atoms with Gasteiger partial charge in [-0.25, -0.2) is 4.79 Å². The number of nitrogens with one attached hydrogen (secondary N) is 3. The first kappa shape index (κ1) is 24.5. The van der Waals surface area contributed by atoms with Crippen molar-refractivity contribution in [3.63, 3.8) is 0 Å². The van der Waals surface area contributed by atoms with Crippen molar-refractivity contribution >= 4 is 25.8 Å². The van der Waals surface area contributed by atoms with Crippen LogP contribution in [-0.2, 0) is 16.9 Å². The number of fused-ring (bicyclic) bond motifs is 1. The number of aromatic amines is 1. The van der Waals surface area contributed by atoms with Gasteiger partial charge in [-0.1, -0.05) is 62.8 Å². The molecule has 0 saturated heterocycles. The van der Waals surface area contributed by atoms with Crippen molar-refractivity contribution in [3.05, 3.63) is 47.2 Å². The van der Waals surface area contributed by atoms with E-state index in [1.165, 1.54) is 0 Å². The van der Waals surface area contributed by atoms with Crippen molar-refractivity contribution < 1.29 is 14.7 Å². The van der Waals surface area contributed by atoms with Gasteiger partial charge in [0.25, 0.3) is 0 Å². The lowest BCUT2D eigenvalue weighted by molar-refractivity contribution is -0.121. The Morgan fingerprint density at radius 2 is 1.91 bits per heavy atom. The smallest absolute Gasteiger partial charge is 0.319 e. The molecule has 1 aromatic carbocycles. The van der Waals surface area contributed by atoms with E-state index in [0.29, 0.717) is 12.4 Å². The van der Waals surface area contributed by atoms with E-state index in [-0.39, 0.29) is 23.6 Å². The van der Waals surface area contributed by atoms with E-state index < -0.39 is 19.7 Å². The summed E-state index contributed by atoms with van der Waals surface area (Å²) in [5.74, 6) is 0.606. The molecule has 4 rings (SSSR count). The lowest BCUT2D eigenvalue weighted by atomic mass is 9.83. The van der Waals surface area contributed by atoms with Crippen molar-refractivity contribution in [1.82, 2.24) is 20.4 Å². The van der Waals surface area contributed by atoms with Gasteiger partial charge in [0.1, 0.15) is 0 Å². The molecule has 2 heterocycles. The van der Waals surface area contributed by atoms with Gasteiger partial charge in [0.2, 0.25) is 5.91 Å². The summed E-state index contributed by atoms with van der Waals surface area (Å²) in [6.45, 7) is 10.9. The highest BCUT2D eigenvalue weighted by Gasteiger charge is 2.55. The first-order valence-electron chi connectivity index (χ1n) is 12.2. The van der Waals surface area contributed by atoms with Crippen LogP contribution in [0.4, 0.5) is 10.6 Å². The van der Waals surface area contributed by atoms with Crippen molar-refractivity contribution in [3.8, 4) is 0 Å². The Kier molecular flexibility index (Phi) is 6.37. The fraction of sp³-hybridized carbons (Fsp3) is 0.560. The van der Waals surface area contributed by atoms with Crippen LogP contribution in [0.5, 0.6) is 0 Å². The third kappa shape index (κ3) is 3.84. The molecule has 1 fully saturated rings. The van der Waals surface area contributed by atoms with Crippen LogP contribution in [-0.4, -0.2) is 46.8 Å². The number of benzene rings is 1. The number of amides is 3. The number of aliphatic hydroxyl groups is 1. The van der Waals surface area contributed by atoms with Crippen LogP contribution in [0, 0.1) is 0 Å². The maximum Gasteiger partial charge on any atom is 0.319 e. The van der Waals surface area contributed by atoms with E-state index in [2.05, 4.69) is 40.8 Å². The third-order valence-corrected chi connectivity index (χ3v) is 13.5. The van der Waals surface area contributed by atoms with Crippen LogP contribution >= 0.6 is 0 Å². The van der Waals surface area contributed by atoms with E-state index in [0.717, 1.165) is 42.1 Å². The lowest BCUT2D eigenvalue weighted by Crippen LogP contribution is -2.53. The first-order chi connectivity index (χ1) is 16.1. The molecule has 1 aromatic heterocycles. The average Bonchev–Trinajstić information content (AvgIpc) is 3.29. The standard InChI is InChI=1S/C25H37N5O3Si/c1-6-34(4,5)25(13-10-14-25)22(32)27-21-18-15-30(24(2,3)20(18)28-29-21)23(33)26-19(16-31)17-11-8-7-9-12-17/h7-9,11-12,19,31H,6,10,13-16H2,1-5H3,(H,26,33)(H2,27,28,29,32)/t19-/m1/s1. The minimum absolute atomic E-state index is 0.0803. The molecule has 184 valence electrons. The molecule has 1 saturated carbocycles. The quantitative estimate of drug-likeness (QED) is 0.435. The molecule has 9 heteroatoms. The summed E-state index contributed by atoms with van der Waals surface area (Å²) in [5, 5.41) is 23.2. The van der Waals surface area contributed by atoms with Gasteiger partial charge < -0.3 is 20.6 Å². The Morgan fingerprint density at radius 1 is 1.24 bits per heavy atom. The second kappa shape index (κ2) is 8.85. The average molecular weight is 484 g/mol. The monoisotopic (exact) mass is 483 g/mol. The number of nitrogens with zero attached hydrogens (tertiary/aromatic N) is 2. The van der Waals surface area contributed by atoms with Gasteiger partial charge in [0, 0.05) is 10.6 Å². The second-order valence-electron chi connectivity index (χ2n) is 10.8. The predicted molar refractivity (Wildman–Crippen MR) is 135 cm³/mol. The van der Waals surface area contributed by atoms with Crippen LogP contribution in [0.1, 0.15) is 62.9 Å². The van der Waals surface area contributed by atoms with Gasteiger partial charge in [-0.15, -0.1) is 0 Å².